The maximum absolute atomic E-state index is 13.5. The van der Waals surface area contributed by atoms with E-state index in [1.165, 1.54) is 30.3 Å². The van der Waals surface area contributed by atoms with E-state index in [-0.39, 0.29) is 24.0 Å². The number of hydrogen-bond acceptors (Lipinski definition) is 2. The summed E-state index contributed by atoms with van der Waals surface area (Å²) in [6.07, 6.45) is 0. The molecule has 5 heteroatoms. The minimum atomic E-state index is -0.366. The van der Waals surface area contributed by atoms with Gasteiger partial charge in [-0.05, 0) is 42.5 Å². The average Bonchev–Trinajstić information content (AvgIpc) is 2.40. The predicted molar refractivity (Wildman–Crippen MR) is 73.4 cm³/mol. The number of phenols is 1. The maximum Gasteiger partial charge on any atom is 0.251 e. The molecular formula is C14H11BrFNO2. The number of benzene rings is 2. The average molecular weight is 324 g/mol. The lowest BCUT2D eigenvalue weighted by Crippen LogP contribution is -2.23. The first-order valence-electron chi connectivity index (χ1n) is 5.57. The molecule has 19 heavy (non-hydrogen) atoms. The third-order valence-corrected chi connectivity index (χ3v) is 3.07. The first-order chi connectivity index (χ1) is 9.06. The van der Waals surface area contributed by atoms with Crippen LogP contribution in [0.25, 0.3) is 0 Å². The molecule has 0 atom stereocenters. The van der Waals surface area contributed by atoms with Crippen molar-refractivity contribution in [3.05, 3.63) is 63.9 Å². The molecule has 0 aliphatic carbocycles. The van der Waals surface area contributed by atoms with E-state index in [2.05, 4.69) is 21.2 Å². The van der Waals surface area contributed by atoms with Gasteiger partial charge in [0.05, 0.1) is 0 Å². The molecule has 0 bridgehead atoms. The fourth-order valence-electron chi connectivity index (χ4n) is 1.57. The molecule has 0 heterocycles. The van der Waals surface area contributed by atoms with Crippen LogP contribution in [0, 0.1) is 5.82 Å². The highest BCUT2D eigenvalue weighted by Gasteiger charge is 2.07. The minimum absolute atomic E-state index is 0.0922. The van der Waals surface area contributed by atoms with E-state index in [0.717, 1.165) is 4.47 Å². The highest BCUT2D eigenvalue weighted by molar-refractivity contribution is 9.10. The normalized spacial score (nSPS) is 10.2. The van der Waals surface area contributed by atoms with Crippen LogP contribution < -0.4 is 5.32 Å². The molecule has 0 saturated carbocycles. The number of halogens is 2. The smallest absolute Gasteiger partial charge is 0.251 e. The fourth-order valence-corrected chi connectivity index (χ4v) is 1.98. The van der Waals surface area contributed by atoms with Gasteiger partial charge in [0.25, 0.3) is 5.91 Å². The third-order valence-electron chi connectivity index (χ3n) is 2.58. The zero-order valence-electron chi connectivity index (χ0n) is 9.86. The van der Waals surface area contributed by atoms with Crippen LogP contribution in [-0.2, 0) is 6.54 Å². The van der Waals surface area contributed by atoms with Crippen molar-refractivity contribution in [1.29, 1.82) is 0 Å². The predicted octanol–water partition coefficient (Wildman–Crippen LogP) is 3.22. The first kappa shape index (κ1) is 13.5. The van der Waals surface area contributed by atoms with Crippen LogP contribution in [0.3, 0.4) is 0 Å². The molecule has 2 aromatic carbocycles. The molecule has 0 spiro atoms. The van der Waals surface area contributed by atoms with Crippen molar-refractivity contribution in [1.82, 2.24) is 5.32 Å². The van der Waals surface area contributed by atoms with E-state index in [4.69, 9.17) is 5.11 Å². The van der Waals surface area contributed by atoms with Crippen molar-refractivity contribution in [2.45, 2.75) is 6.54 Å². The number of carbonyl (C=O) groups excluding carboxylic acids is 1. The number of hydrogen-bond donors (Lipinski definition) is 2. The van der Waals surface area contributed by atoms with E-state index < -0.39 is 0 Å². The van der Waals surface area contributed by atoms with Crippen LogP contribution in [0.5, 0.6) is 5.75 Å². The van der Waals surface area contributed by atoms with Crippen LogP contribution in [-0.4, -0.2) is 11.0 Å². The number of phenolic OH excluding ortho intramolecular Hbond substituents is 1. The van der Waals surface area contributed by atoms with Gasteiger partial charge in [0.15, 0.2) is 0 Å². The van der Waals surface area contributed by atoms with Gasteiger partial charge in [-0.2, -0.15) is 0 Å². The zero-order chi connectivity index (χ0) is 13.8. The minimum Gasteiger partial charge on any atom is -0.508 e. The second kappa shape index (κ2) is 5.84. The van der Waals surface area contributed by atoms with Gasteiger partial charge >= 0.3 is 0 Å². The van der Waals surface area contributed by atoms with Crippen LogP contribution in [0.15, 0.2) is 46.9 Å². The summed E-state index contributed by atoms with van der Waals surface area (Å²) in [6, 6.07) is 10.4. The Hall–Kier alpha value is -1.88. The molecule has 0 aromatic heterocycles. The third kappa shape index (κ3) is 3.54. The second-order valence-corrected chi connectivity index (χ2v) is 4.88. The highest BCUT2D eigenvalue weighted by Crippen LogP contribution is 2.15. The molecule has 0 unspecified atom stereocenters. The van der Waals surface area contributed by atoms with Gasteiger partial charge in [-0.1, -0.05) is 15.9 Å². The summed E-state index contributed by atoms with van der Waals surface area (Å²) >= 11 is 3.25. The Morgan fingerprint density at radius 1 is 1.21 bits per heavy atom. The number of aromatic hydroxyl groups is 1. The molecule has 2 rings (SSSR count). The van der Waals surface area contributed by atoms with Gasteiger partial charge in [-0.3, -0.25) is 4.79 Å². The van der Waals surface area contributed by atoms with Crippen molar-refractivity contribution >= 4 is 21.8 Å². The van der Waals surface area contributed by atoms with Crippen molar-refractivity contribution in [3.63, 3.8) is 0 Å². The van der Waals surface area contributed by atoms with Crippen LogP contribution >= 0.6 is 15.9 Å². The van der Waals surface area contributed by atoms with Gasteiger partial charge in [-0.15, -0.1) is 0 Å². The van der Waals surface area contributed by atoms with Crippen molar-refractivity contribution < 1.29 is 14.3 Å². The molecule has 1 amide bonds. The molecule has 0 aliphatic rings. The summed E-state index contributed by atoms with van der Waals surface area (Å²) in [5.74, 6) is -0.594. The second-order valence-electron chi connectivity index (χ2n) is 3.97. The van der Waals surface area contributed by atoms with Crippen molar-refractivity contribution in [2.24, 2.45) is 0 Å². The summed E-state index contributed by atoms with van der Waals surface area (Å²) < 4.78 is 14.2. The Labute approximate surface area is 118 Å². The number of nitrogens with one attached hydrogen (secondary N) is 1. The van der Waals surface area contributed by atoms with Crippen LogP contribution in [0.2, 0.25) is 0 Å². The summed E-state index contributed by atoms with van der Waals surface area (Å²) in [4.78, 5) is 11.8. The lowest BCUT2D eigenvalue weighted by atomic mass is 10.2. The molecule has 2 aromatic rings. The Morgan fingerprint density at radius 3 is 2.58 bits per heavy atom. The molecule has 98 valence electrons. The molecule has 0 radical (unpaired) electrons. The molecule has 3 nitrogen and oxygen atoms in total. The Kier molecular flexibility index (Phi) is 4.16. The van der Waals surface area contributed by atoms with E-state index in [0.29, 0.717) is 11.1 Å². The zero-order valence-corrected chi connectivity index (χ0v) is 11.4. The summed E-state index contributed by atoms with van der Waals surface area (Å²) in [7, 11) is 0. The SMILES string of the molecule is O=C(NCc1cc(Br)ccc1F)c1ccc(O)cc1. The van der Waals surface area contributed by atoms with Crippen molar-refractivity contribution in [2.75, 3.05) is 0 Å². The van der Waals surface area contributed by atoms with E-state index in [1.807, 2.05) is 0 Å². The number of carbonyl (C=O) groups is 1. The van der Waals surface area contributed by atoms with Gasteiger partial charge in [-0.25, -0.2) is 4.39 Å². The first-order valence-corrected chi connectivity index (χ1v) is 6.37. The molecular weight excluding hydrogens is 313 g/mol. The quantitative estimate of drug-likeness (QED) is 0.911. The lowest BCUT2D eigenvalue weighted by molar-refractivity contribution is 0.0950. The van der Waals surface area contributed by atoms with Gasteiger partial charge in [0.1, 0.15) is 11.6 Å². The monoisotopic (exact) mass is 323 g/mol. The van der Waals surface area contributed by atoms with E-state index in [1.54, 1.807) is 12.1 Å². The Balaban J connectivity index is 2.04. The molecule has 0 aliphatic heterocycles. The van der Waals surface area contributed by atoms with E-state index in [9.17, 15) is 9.18 Å². The van der Waals surface area contributed by atoms with Crippen LogP contribution in [0.1, 0.15) is 15.9 Å². The lowest BCUT2D eigenvalue weighted by Gasteiger charge is -2.07. The Bertz CT molecular complexity index is 599. The molecule has 0 fully saturated rings. The topological polar surface area (TPSA) is 49.3 Å². The van der Waals surface area contributed by atoms with Gasteiger partial charge < -0.3 is 10.4 Å². The van der Waals surface area contributed by atoms with E-state index >= 15 is 0 Å². The Morgan fingerprint density at radius 2 is 1.89 bits per heavy atom. The molecule has 0 saturated heterocycles. The maximum atomic E-state index is 13.5. The summed E-state index contributed by atoms with van der Waals surface area (Å²) in [6.45, 7) is 0.102. The molecule has 2 N–H and O–H groups in total. The summed E-state index contributed by atoms with van der Waals surface area (Å²) in [5, 5.41) is 11.7. The largest absolute Gasteiger partial charge is 0.508 e. The fraction of sp³-hybridized carbons (Fsp3) is 0.0714. The summed E-state index contributed by atoms with van der Waals surface area (Å²) in [5.41, 5.74) is 0.815. The van der Waals surface area contributed by atoms with Gasteiger partial charge in [0.2, 0.25) is 0 Å². The van der Waals surface area contributed by atoms with Crippen molar-refractivity contribution in [3.8, 4) is 5.75 Å². The highest BCUT2D eigenvalue weighted by atomic mass is 79.9. The number of rotatable bonds is 3. The number of amides is 1. The van der Waals surface area contributed by atoms with Gasteiger partial charge in [0, 0.05) is 22.1 Å². The standard InChI is InChI=1S/C14H11BrFNO2/c15-11-3-6-13(16)10(7-11)8-17-14(19)9-1-4-12(18)5-2-9/h1-7,18H,8H2,(H,17,19). The van der Waals surface area contributed by atoms with Crippen LogP contribution in [0.4, 0.5) is 4.39 Å².